The molecule has 1 aromatic heterocycles. The first-order valence-corrected chi connectivity index (χ1v) is 4.33. The highest BCUT2D eigenvalue weighted by atomic mass is 15.1. The Bertz CT molecular complexity index is 597. The van der Waals surface area contributed by atoms with Gasteiger partial charge in [-0.3, -0.25) is 0 Å². The minimum Gasteiger partial charge on any atom is -0.335 e. The largest absolute Gasteiger partial charge is 0.335 e. The second-order valence-corrected chi connectivity index (χ2v) is 3.13. The number of anilines is 2. The fourth-order valence-corrected chi connectivity index (χ4v) is 1.50. The van der Waals surface area contributed by atoms with E-state index in [1.54, 1.807) is 0 Å². The summed E-state index contributed by atoms with van der Waals surface area (Å²) in [4.78, 5) is 11.6. The zero-order valence-electron chi connectivity index (χ0n) is 7.41. The molecule has 1 aliphatic heterocycles. The van der Waals surface area contributed by atoms with Crippen molar-refractivity contribution in [2.24, 2.45) is 4.99 Å². The molecule has 2 aromatic rings. The first-order chi connectivity index (χ1) is 6.83. The molecule has 2 N–H and O–H groups in total. The summed E-state index contributed by atoms with van der Waals surface area (Å²) >= 11 is 0. The molecule has 0 bridgehead atoms. The Morgan fingerprint density at radius 1 is 1.21 bits per heavy atom. The van der Waals surface area contributed by atoms with Gasteiger partial charge in [-0.2, -0.15) is 0 Å². The number of nitrogens with zero attached hydrogens (tertiary/aromatic N) is 2. The number of nitrogens with one attached hydrogen (secondary N) is 2. The molecule has 0 atom stereocenters. The molecule has 0 amide bonds. The molecule has 1 aliphatic rings. The maximum absolute atomic E-state index is 4.41. The Morgan fingerprint density at radius 2 is 2.07 bits per heavy atom. The lowest BCUT2D eigenvalue weighted by Gasteiger charge is -2.09. The summed E-state index contributed by atoms with van der Waals surface area (Å²) in [6, 6.07) is 7.84. The van der Waals surface area contributed by atoms with Crippen LogP contribution < -0.4 is 16.3 Å². The van der Waals surface area contributed by atoms with Crippen LogP contribution in [0, 0.1) is 0 Å². The van der Waals surface area contributed by atoms with Crippen LogP contribution in [0.1, 0.15) is 0 Å². The lowest BCUT2D eigenvalue weighted by molar-refractivity contribution is 1.15. The van der Waals surface area contributed by atoms with Crippen molar-refractivity contribution in [3.8, 4) is 0 Å². The van der Waals surface area contributed by atoms with E-state index < -0.39 is 0 Å². The smallest absolute Gasteiger partial charge is 0.176 e. The summed E-state index contributed by atoms with van der Waals surface area (Å²) in [5.41, 5.74) is 3.27. The third kappa shape index (κ3) is 0.939. The normalized spacial score (nSPS) is 12.3. The molecule has 0 saturated carbocycles. The van der Waals surface area contributed by atoms with Crippen LogP contribution in [0.25, 0.3) is 6.58 Å². The Labute approximate surface area is 80.0 Å². The molecule has 2 heterocycles. The van der Waals surface area contributed by atoms with Gasteiger partial charge in [-0.1, -0.05) is 18.7 Å². The van der Waals surface area contributed by atoms with Gasteiger partial charge in [-0.05, 0) is 12.1 Å². The van der Waals surface area contributed by atoms with Crippen LogP contribution in [0.4, 0.5) is 17.2 Å². The van der Waals surface area contributed by atoms with Gasteiger partial charge in [0.25, 0.3) is 0 Å². The zero-order valence-corrected chi connectivity index (χ0v) is 7.41. The third-order valence-corrected chi connectivity index (χ3v) is 2.12. The molecule has 4 nitrogen and oxygen atoms in total. The summed E-state index contributed by atoms with van der Waals surface area (Å²) in [5.74, 6) is 0.744. The summed E-state index contributed by atoms with van der Waals surface area (Å²) in [6.07, 6.45) is 0. The SMILES string of the molecule is C=c1nc2c([nH]1)=Nc1ccccc1N2. The number of rotatable bonds is 0. The second-order valence-electron chi connectivity index (χ2n) is 3.13. The van der Waals surface area contributed by atoms with E-state index in [1.807, 2.05) is 24.3 Å². The van der Waals surface area contributed by atoms with Crippen LogP contribution in [-0.4, -0.2) is 9.97 Å². The van der Waals surface area contributed by atoms with Gasteiger partial charge in [0, 0.05) is 0 Å². The van der Waals surface area contributed by atoms with Crippen LogP contribution in [0.2, 0.25) is 0 Å². The summed E-state index contributed by atoms with van der Waals surface area (Å²) in [7, 11) is 0. The molecule has 0 unspecified atom stereocenters. The summed E-state index contributed by atoms with van der Waals surface area (Å²) in [6.45, 7) is 3.72. The maximum atomic E-state index is 4.41. The van der Waals surface area contributed by atoms with Gasteiger partial charge in [-0.15, -0.1) is 0 Å². The highest BCUT2D eigenvalue weighted by Gasteiger charge is 2.10. The van der Waals surface area contributed by atoms with Crippen LogP contribution in [0.3, 0.4) is 0 Å². The fourth-order valence-electron chi connectivity index (χ4n) is 1.50. The number of para-hydroxylation sites is 2. The van der Waals surface area contributed by atoms with E-state index in [-0.39, 0.29) is 0 Å². The standard InChI is InChI=1S/C10H8N4/c1-6-11-9-10(12-6)14-8-5-3-2-4-7(8)13-9/h2-5H,1H2,(H,11,13)(H,12,14). The minimum absolute atomic E-state index is 0.624. The van der Waals surface area contributed by atoms with Gasteiger partial charge in [0.15, 0.2) is 11.3 Å². The monoisotopic (exact) mass is 184 g/mol. The predicted octanol–water partition coefficient (Wildman–Crippen LogP) is 0.828. The molecule has 1 aromatic carbocycles. The van der Waals surface area contributed by atoms with E-state index in [0.29, 0.717) is 5.48 Å². The lowest BCUT2D eigenvalue weighted by Crippen LogP contribution is -2.13. The molecular weight excluding hydrogens is 176 g/mol. The number of fused-ring (bicyclic) bond motifs is 2. The average molecular weight is 184 g/mol. The first kappa shape index (κ1) is 7.32. The van der Waals surface area contributed by atoms with Crippen molar-refractivity contribution in [1.29, 1.82) is 0 Å². The number of hydrogen-bond donors (Lipinski definition) is 2. The molecular formula is C10H8N4. The fraction of sp³-hybridized carbons (Fsp3) is 0. The number of aromatic nitrogens is 2. The van der Waals surface area contributed by atoms with Gasteiger partial charge in [0.2, 0.25) is 0 Å². The molecule has 14 heavy (non-hydrogen) atoms. The molecule has 0 saturated heterocycles. The Morgan fingerprint density at radius 3 is 3.00 bits per heavy atom. The van der Waals surface area contributed by atoms with Crippen molar-refractivity contribution in [2.75, 3.05) is 5.32 Å². The number of aromatic amines is 1. The van der Waals surface area contributed by atoms with Gasteiger partial charge < -0.3 is 10.3 Å². The van der Waals surface area contributed by atoms with Gasteiger partial charge in [0.05, 0.1) is 11.4 Å². The van der Waals surface area contributed by atoms with Gasteiger partial charge in [-0.25, -0.2) is 9.98 Å². The average Bonchev–Trinajstić information content (AvgIpc) is 2.53. The Balaban J connectivity index is 2.34. The van der Waals surface area contributed by atoms with E-state index in [1.165, 1.54) is 0 Å². The first-order valence-electron chi connectivity index (χ1n) is 4.33. The molecule has 0 radical (unpaired) electrons. The molecule has 0 aliphatic carbocycles. The number of hydrogen-bond acceptors (Lipinski definition) is 3. The summed E-state index contributed by atoms with van der Waals surface area (Å²) < 4.78 is 0. The topological polar surface area (TPSA) is 53.1 Å². The Kier molecular flexibility index (Phi) is 1.28. The zero-order chi connectivity index (χ0) is 9.54. The van der Waals surface area contributed by atoms with Crippen molar-refractivity contribution >= 4 is 23.8 Å². The number of imidazole rings is 1. The minimum atomic E-state index is 0.624. The quantitative estimate of drug-likeness (QED) is 0.543. The van der Waals surface area contributed by atoms with Gasteiger partial charge in [0.1, 0.15) is 5.48 Å². The molecule has 4 heteroatoms. The Hall–Kier alpha value is -2.10. The maximum Gasteiger partial charge on any atom is 0.176 e. The van der Waals surface area contributed by atoms with E-state index in [2.05, 4.69) is 26.9 Å². The van der Waals surface area contributed by atoms with Crippen molar-refractivity contribution in [1.82, 2.24) is 9.97 Å². The van der Waals surface area contributed by atoms with Crippen molar-refractivity contribution in [2.45, 2.75) is 0 Å². The predicted molar refractivity (Wildman–Crippen MR) is 54.3 cm³/mol. The van der Waals surface area contributed by atoms with Crippen LogP contribution in [-0.2, 0) is 0 Å². The van der Waals surface area contributed by atoms with Crippen molar-refractivity contribution in [3.05, 3.63) is 35.2 Å². The summed E-state index contributed by atoms with van der Waals surface area (Å²) in [5, 5.41) is 3.19. The second kappa shape index (κ2) is 2.45. The van der Waals surface area contributed by atoms with E-state index in [0.717, 1.165) is 22.7 Å². The molecule has 68 valence electrons. The number of benzene rings is 1. The van der Waals surface area contributed by atoms with E-state index >= 15 is 0 Å². The third-order valence-electron chi connectivity index (χ3n) is 2.12. The lowest BCUT2D eigenvalue weighted by atomic mass is 10.2. The molecule has 3 rings (SSSR count). The van der Waals surface area contributed by atoms with Crippen molar-refractivity contribution in [3.63, 3.8) is 0 Å². The van der Waals surface area contributed by atoms with E-state index in [9.17, 15) is 0 Å². The highest BCUT2D eigenvalue weighted by molar-refractivity contribution is 5.72. The molecule has 0 spiro atoms. The van der Waals surface area contributed by atoms with Crippen LogP contribution in [0.15, 0.2) is 29.3 Å². The van der Waals surface area contributed by atoms with Crippen LogP contribution >= 0.6 is 0 Å². The van der Waals surface area contributed by atoms with Crippen molar-refractivity contribution < 1.29 is 0 Å². The number of H-pyrrole nitrogens is 1. The van der Waals surface area contributed by atoms with Crippen LogP contribution in [0.5, 0.6) is 0 Å². The van der Waals surface area contributed by atoms with Gasteiger partial charge >= 0.3 is 0 Å². The van der Waals surface area contributed by atoms with E-state index in [4.69, 9.17) is 0 Å². The molecule has 0 fully saturated rings. The highest BCUT2D eigenvalue weighted by Crippen LogP contribution is 2.27.